The van der Waals surface area contributed by atoms with Gasteiger partial charge >= 0.3 is 0 Å². The van der Waals surface area contributed by atoms with E-state index in [9.17, 15) is 14.0 Å². The third-order valence-electron chi connectivity index (χ3n) is 3.55. The van der Waals surface area contributed by atoms with Crippen molar-refractivity contribution in [3.05, 3.63) is 69.9 Å². The Kier molecular flexibility index (Phi) is 3.65. The number of nitrogens with one attached hydrogen (secondary N) is 1. The van der Waals surface area contributed by atoms with Crippen LogP contribution in [-0.4, -0.2) is 15.5 Å². The summed E-state index contributed by atoms with van der Waals surface area (Å²) in [5, 5.41) is 2.75. The highest BCUT2D eigenvalue weighted by Gasteiger charge is 2.15. The number of pyridine rings is 2. The van der Waals surface area contributed by atoms with Crippen molar-refractivity contribution in [2.24, 2.45) is 7.05 Å². The number of fused-ring (bicyclic) bond motifs is 1. The topological polar surface area (TPSA) is 64.0 Å². The zero-order valence-corrected chi connectivity index (χ0v) is 12.6. The first-order valence-corrected chi connectivity index (χ1v) is 6.98. The van der Waals surface area contributed by atoms with E-state index in [-0.39, 0.29) is 10.9 Å². The molecule has 1 aromatic carbocycles. The zero-order chi connectivity index (χ0) is 16.6. The lowest BCUT2D eigenvalue weighted by atomic mass is 10.1. The van der Waals surface area contributed by atoms with Crippen LogP contribution in [0, 0.1) is 12.7 Å². The first-order chi connectivity index (χ1) is 11.0. The van der Waals surface area contributed by atoms with Crippen molar-refractivity contribution in [1.82, 2.24) is 9.55 Å². The van der Waals surface area contributed by atoms with Gasteiger partial charge in [0.2, 0.25) is 5.43 Å². The molecule has 3 rings (SSSR count). The molecule has 0 bridgehead atoms. The normalized spacial score (nSPS) is 10.7. The Bertz CT molecular complexity index is 979. The van der Waals surface area contributed by atoms with Crippen molar-refractivity contribution < 1.29 is 9.18 Å². The zero-order valence-electron chi connectivity index (χ0n) is 12.6. The summed E-state index contributed by atoms with van der Waals surface area (Å²) < 4.78 is 15.0. The molecule has 5 nitrogen and oxygen atoms in total. The number of rotatable bonds is 2. The average molecular weight is 311 g/mol. The summed E-state index contributed by atoms with van der Waals surface area (Å²) in [4.78, 5) is 28.9. The third-order valence-corrected chi connectivity index (χ3v) is 3.55. The predicted molar refractivity (Wildman–Crippen MR) is 86.1 cm³/mol. The van der Waals surface area contributed by atoms with E-state index in [4.69, 9.17) is 0 Å². The largest absolute Gasteiger partial charge is 0.350 e. The van der Waals surface area contributed by atoms with Crippen LogP contribution < -0.4 is 10.7 Å². The van der Waals surface area contributed by atoms with Gasteiger partial charge in [0.1, 0.15) is 17.2 Å². The highest BCUT2D eigenvalue weighted by molar-refractivity contribution is 6.05. The van der Waals surface area contributed by atoms with Crippen LogP contribution in [0.3, 0.4) is 0 Å². The van der Waals surface area contributed by atoms with Crippen LogP contribution >= 0.6 is 0 Å². The van der Waals surface area contributed by atoms with Crippen molar-refractivity contribution in [1.29, 1.82) is 0 Å². The summed E-state index contributed by atoms with van der Waals surface area (Å²) in [5.41, 5.74) is 0.919. The van der Waals surface area contributed by atoms with Crippen LogP contribution in [-0.2, 0) is 7.05 Å². The summed E-state index contributed by atoms with van der Waals surface area (Å²) in [7, 11) is 1.70. The second-order valence-corrected chi connectivity index (χ2v) is 5.32. The Balaban J connectivity index is 2.07. The monoisotopic (exact) mass is 311 g/mol. The van der Waals surface area contributed by atoms with Crippen LogP contribution in [0.1, 0.15) is 15.9 Å². The van der Waals surface area contributed by atoms with Crippen LogP contribution in [0.15, 0.2) is 47.5 Å². The van der Waals surface area contributed by atoms with Crippen LogP contribution in [0.5, 0.6) is 0 Å². The van der Waals surface area contributed by atoms with Gasteiger partial charge in [-0.05, 0) is 42.8 Å². The molecule has 2 heterocycles. The molecule has 0 aliphatic heterocycles. The lowest BCUT2D eigenvalue weighted by Crippen LogP contribution is -2.23. The summed E-state index contributed by atoms with van der Waals surface area (Å²) in [6.07, 6.45) is 3.01. The molecule has 6 heteroatoms. The standard InChI is InChI=1S/C17H14FN3O2/c1-10-5-6-19-15(7-10)20-17(23)13-9-21(2)14-4-3-11(18)8-12(14)16(13)22/h3-9H,1-2H3,(H,19,20,23). The van der Waals surface area contributed by atoms with Gasteiger partial charge in [-0.15, -0.1) is 0 Å². The van der Waals surface area contributed by atoms with Gasteiger partial charge in [-0.3, -0.25) is 9.59 Å². The molecule has 0 saturated heterocycles. The molecule has 1 N–H and O–H groups in total. The number of carbonyl (C=O) groups is 1. The number of amides is 1. The van der Waals surface area contributed by atoms with Gasteiger partial charge in [0.15, 0.2) is 0 Å². The summed E-state index contributed by atoms with van der Waals surface area (Å²) in [5.74, 6) is -0.737. The summed E-state index contributed by atoms with van der Waals surface area (Å²) >= 11 is 0. The maximum Gasteiger partial charge on any atom is 0.262 e. The van der Waals surface area contributed by atoms with Crippen molar-refractivity contribution in [2.75, 3.05) is 5.32 Å². The number of aromatic nitrogens is 2. The van der Waals surface area contributed by atoms with E-state index in [1.165, 1.54) is 18.3 Å². The summed E-state index contributed by atoms with van der Waals surface area (Å²) in [6, 6.07) is 7.42. The molecule has 0 radical (unpaired) electrons. The van der Waals surface area contributed by atoms with Crippen molar-refractivity contribution in [3.8, 4) is 0 Å². The first kappa shape index (κ1) is 14.9. The number of hydrogen-bond acceptors (Lipinski definition) is 3. The second-order valence-electron chi connectivity index (χ2n) is 5.32. The molecule has 0 unspecified atom stereocenters. The van der Waals surface area contributed by atoms with Crippen molar-refractivity contribution in [2.45, 2.75) is 6.92 Å². The minimum absolute atomic E-state index is 0.0612. The maximum absolute atomic E-state index is 13.4. The number of hydrogen-bond donors (Lipinski definition) is 1. The van der Waals surface area contributed by atoms with Crippen LogP contribution in [0.2, 0.25) is 0 Å². The van der Waals surface area contributed by atoms with Gasteiger partial charge in [0, 0.05) is 24.8 Å². The van der Waals surface area contributed by atoms with Gasteiger partial charge < -0.3 is 9.88 Å². The number of carbonyl (C=O) groups excluding carboxylic acids is 1. The first-order valence-electron chi connectivity index (χ1n) is 6.98. The Morgan fingerprint density at radius 2 is 2.04 bits per heavy atom. The number of aryl methyl sites for hydroxylation is 2. The molecule has 23 heavy (non-hydrogen) atoms. The van der Waals surface area contributed by atoms with E-state index in [0.717, 1.165) is 11.6 Å². The fraction of sp³-hybridized carbons (Fsp3) is 0.118. The van der Waals surface area contributed by atoms with Gasteiger partial charge in [-0.1, -0.05) is 0 Å². The molecule has 3 aromatic rings. The second kappa shape index (κ2) is 5.64. The lowest BCUT2D eigenvalue weighted by Gasteiger charge is -2.09. The van der Waals surface area contributed by atoms with Crippen LogP contribution in [0.4, 0.5) is 10.2 Å². The van der Waals surface area contributed by atoms with E-state index in [1.54, 1.807) is 29.9 Å². The van der Waals surface area contributed by atoms with Gasteiger partial charge in [0.25, 0.3) is 5.91 Å². The molecule has 0 spiro atoms. The number of benzene rings is 1. The third kappa shape index (κ3) is 2.83. The number of nitrogens with zero attached hydrogens (tertiary/aromatic N) is 2. The van der Waals surface area contributed by atoms with Gasteiger partial charge in [0.05, 0.1) is 5.52 Å². The predicted octanol–water partition coefficient (Wildman–Crippen LogP) is 2.63. The fourth-order valence-corrected chi connectivity index (χ4v) is 2.41. The molecule has 2 aromatic heterocycles. The molecule has 0 aliphatic rings. The molecule has 1 amide bonds. The summed E-state index contributed by atoms with van der Waals surface area (Å²) in [6.45, 7) is 1.87. The van der Waals surface area contributed by atoms with Crippen LogP contribution in [0.25, 0.3) is 10.9 Å². The molecule has 0 aliphatic carbocycles. The van der Waals surface area contributed by atoms with E-state index < -0.39 is 17.2 Å². The lowest BCUT2D eigenvalue weighted by molar-refractivity contribution is 0.102. The average Bonchev–Trinajstić information content (AvgIpc) is 2.50. The Morgan fingerprint density at radius 3 is 2.78 bits per heavy atom. The highest BCUT2D eigenvalue weighted by atomic mass is 19.1. The van der Waals surface area contributed by atoms with E-state index >= 15 is 0 Å². The minimum atomic E-state index is -0.574. The van der Waals surface area contributed by atoms with Gasteiger partial charge in [-0.25, -0.2) is 9.37 Å². The van der Waals surface area contributed by atoms with E-state index in [1.807, 2.05) is 6.92 Å². The Labute approximate surface area is 131 Å². The smallest absolute Gasteiger partial charge is 0.262 e. The SMILES string of the molecule is Cc1ccnc(NC(=O)c2cn(C)c3ccc(F)cc3c2=O)c1. The van der Waals surface area contributed by atoms with E-state index in [2.05, 4.69) is 10.3 Å². The minimum Gasteiger partial charge on any atom is -0.350 e. The molecule has 0 fully saturated rings. The number of anilines is 1. The molecule has 116 valence electrons. The number of halogens is 1. The van der Waals surface area contributed by atoms with Crippen molar-refractivity contribution >= 4 is 22.6 Å². The molecule has 0 saturated carbocycles. The van der Waals surface area contributed by atoms with E-state index in [0.29, 0.717) is 11.3 Å². The molecule has 0 atom stereocenters. The van der Waals surface area contributed by atoms with Gasteiger partial charge in [-0.2, -0.15) is 0 Å². The Hall–Kier alpha value is -3.02. The van der Waals surface area contributed by atoms with Crippen molar-refractivity contribution in [3.63, 3.8) is 0 Å². The molecular weight excluding hydrogens is 297 g/mol. The maximum atomic E-state index is 13.4. The molecular formula is C17H14FN3O2. The quantitative estimate of drug-likeness (QED) is 0.791. The highest BCUT2D eigenvalue weighted by Crippen LogP contribution is 2.14. The fourth-order valence-electron chi connectivity index (χ4n) is 2.41. The Morgan fingerprint density at radius 1 is 1.26 bits per heavy atom.